The number of cyclic esters (lactones) is 1. The van der Waals surface area contributed by atoms with E-state index >= 15 is 0 Å². The van der Waals surface area contributed by atoms with Gasteiger partial charge in [-0.15, -0.1) is 0 Å². The molecule has 2 aromatic rings. The Morgan fingerprint density at radius 1 is 1.19 bits per heavy atom. The van der Waals surface area contributed by atoms with E-state index in [1.54, 1.807) is 19.1 Å². The monoisotopic (exact) mass is 426 g/mol. The Kier molecular flexibility index (Phi) is 5.61. The van der Waals surface area contributed by atoms with E-state index < -0.39 is 17.5 Å². The molecular formula is C22H19BrO4. The third-order valence-corrected chi connectivity index (χ3v) is 4.87. The van der Waals surface area contributed by atoms with Crippen molar-refractivity contribution in [3.8, 4) is 0 Å². The van der Waals surface area contributed by atoms with Crippen LogP contribution in [0.25, 0.3) is 11.6 Å². The van der Waals surface area contributed by atoms with E-state index in [4.69, 9.17) is 9.47 Å². The Morgan fingerprint density at radius 3 is 2.56 bits per heavy atom. The highest BCUT2D eigenvalue weighted by molar-refractivity contribution is 9.10. The van der Waals surface area contributed by atoms with Gasteiger partial charge in [-0.25, -0.2) is 9.59 Å². The van der Waals surface area contributed by atoms with Crippen molar-refractivity contribution in [3.05, 3.63) is 81.8 Å². The minimum absolute atomic E-state index is 0.184. The van der Waals surface area contributed by atoms with Crippen molar-refractivity contribution in [1.82, 2.24) is 0 Å². The molecule has 138 valence electrons. The Labute approximate surface area is 166 Å². The smallest absolute Gasteiger partial charge is 0.359 e. The number of esters is 2. The van der Waals surface area contributed by atoms with Gasteiger partial charge in [-0.05, 0) is 48.7 Å². The zero-order chi connectivity index (χ0) is 19.4. The molecule has 1 aliphatic rings. The third-order valence-electron chi connectivity index (χ3n) is 4.34. The highest BCUT2D eigenvalue weighted by atomic mass is 79.9. The fourth-order valence-electron chi connectivity index (χ4n) is 2.96. The van der Waals surface area contributed by atoms with Gasteiger partial charge >= 0.3 is 11.9 Å². The van der Waals surface area contributed by atoms with Crippen molar-refractivity contribution in [2.75, 3.05) is 6.61 Å². The SMILES string of the molecule is CCOC(=O)C1(/C=C/c2ccccc2C)OC(=O)C=C1c1ccc(Br)cc1. The number of hydrogen-bond acceptors (Lipinski definition) is 4. The largest absolute Gasteiger partial charge is 0.463 e. The van der Waals surface area contributed by atoms with Crippen LogP contribution in [0, 0.1) is 6.92 Å². The Morgan fingerprint density at radius 2 is 1.89 bits per heavy atom. The molecule has 0 saturated heterocycles. The van der Waals surface area contributed by atoms with E-state index in [2.05, 4.69) is 15.9 Å². The molecule has 0 amide bonds. The molecule has 3 rings (SSSR count). The first-order valence-corrected chi connectivity index (χ1v) is 9.39. The number of rotatable bonds is 5. The molecule has 2 aromatic carbocycles. The lowest BCUT2D eigenvalue weighted by molar-refractivity contribution is -0.165. The molecule has 0 spiro atoms. The number of benzene rings is 2. The fourth-order valence-corrected chi connectivity index (χ4v) is 3.22. The first-order chi connectivity index (χ1) is 13.0. The zero-order valence-electron chi connectivity index (χ0n) is 15.1. The average Bonchev–Trinajstić information content (AvgIpc) is 2.99. The van der Waals surface area contributed by atoms with Crippen LogP contribution in [0.15, 0.2) is 65.2 Å². The second-order valence-corrected chi connectivity index (χ2v) is 7.05. The van der Waals surface area contributed by atoms with Crippen molar-refractivity contribution in [1.29, 1.82) is 0 Å². The van der Waals surface area contributed by atoms with Crippen molar-refractivity contribution in [2.45, 2.75) is 19.4 Å². The summed E-state index contributed by atoms with van der Waals surface area (Å²) in [5, 5.41) is 0. The molecule has 1 heterocycles. The molecule has 1 aliphatic heterocycles. The van der Waals surface area contributed by atoms with E-state index in [-0.39, 0.29) is 6.61 Å². The molecule has 5 heteroatoms. The van der Waals surface area contributed by atoms with Gasteiger partial charge in [-0.2, -0.15) is 0 Å². The summed E-state index contributed by atoms with van der Waals surface area (Å²) in [6, 6.07) is 15.1. The molecule has 0 bridgehead atoms. The highest BCUT2D eigenvalue weighted by Gasteiger charge is 2.50. The molecule has 0 aromatic heterocycles. The van der Waals surface area contributed by atoms with Crippen LogP contribution in [0.2, 0.25) is 0 Å². The first kappa shape index (κ1) is 19.1. The quantitative estimate of drug-likeness (QED) is 0.649. The van der Waals surface area contributed by atoms with Crippen molar-refractivity contribution >= 4 is 39.5 Å². The number of hydrogen-bond donors (Lipinski definition) is 0. The minimum atomic E-state index is -1.61. The fraction of sp³-hybridized carbons (Fsp3) is 0.182. The summed E-state index contributed by atoms with van der Waals surface area (Å²) in [5.41, 5.74) is 1.55. The Hall–Kier alpha value is -2.66. The van der Waals surface area contributed by atoms with Gasteiger partial charge in [0.2, 0.25) is 0 Å². The number of aryl methyl sites for hydroxylation is 1. The van der Waals surface area contributed by atoms with Gasteiger partial charge in [0.15, 0.2) is 0 Å². The van der Waals surface area contributed by atoms with Gasteiger partial charge in [0.05, 0.1) is 6.61 Å². The van der Waals surface area contributed by atoms with Crippen LogP contribution < -0.4 is 0 Å². The van der Waals surface area contributed by atoms with E-state index in [0.717, 1.165) is 15.6 Å². The molecule has 0 saturated carbocycles. The van der Waals surface area contributed by atoms with Gasteiger partial charge in [-0.1, -0.05) is 58.4 Å². The molecule has 0 N–H and O–H groups in total. The summed E-state index contributed by atoms with van der Waals surface area (Å²) in [6.45, 7) is 3.88. The van der Waals surface area contributed by atoms with Crippen LogP contribution in [0.3, 0.4) is 0 Å². The minimum Gasteiger partial charge on any atom is -0.463 e. The Bertz CT molecular complexity index is 928. The molecule has 0 aliphatic carbocycles. The van der Waals surface area contributed by atoms with E-state index in [1.807, 2.05) is 55.5 Å². The lowest BCUT2D eigenvalue weighted by atomic mass is 9.88. The lowest BCUT2D eigenvalue weighted by Gasteiger charge is -2.26. The normalized spacial score (nSPS) is 19.1. The third kappa shape index (κ3) is 3.88. The van der Waals surface area contributed by atoms with Crippen LogP contribution in [0.4, 0.5) is 0 Å². The van der Waals surface area contributed by atoms with Crippen molar-refractivity contribution in [3.63, 3.8) is 0 Å². The Balaban J connectivity index is 2.10. The van der Waals surface area contributed by atoms with E-state index in [9.17, 15) is 9.59 Å². The van der Waals surface area contributed by atoms with Gasteiger partial charge in [0.1, 0.15) is 0 Å². The number of carbonyl (C=O) groups is 2. The van der Waals surface area contributed by atoms with Gasteiger partial charge in [-0.3, -0.25) is 0 Å². The van der Waals surface area contributed by atoms with Gasteiger partial charge in [0, 0.05) is 16.1 Å². The molecule has 27 heavy (non-hydrogen) atoms. The second kappa shape index (κ2) is 7.92. The maximum Gasteiger partial charge on any atom is 0.359 e. The predicted octanol–water partition coefficient (Wildman–Crippen LogP) is 4.71. The van der Waals surface area contributed by atoms with Crippen LogP contribution in [-0.4, -0.2) is 24.1 Å². The second-order valence-electron chi connectivity index (χ2n) is 6.13. The molecule has 4 nitrogen and oxygen atoms in total. The first-order valence-electron chi connectivity index (χ1n) is 8.59. The van der Waals surface area contributed by atoms with Crippen LogP contribution in [0.5, 0.6) is 0 Å². The summed E-state index contributed by atoms with van der Waals surface area (Å²) in [6.07, 6.45) is 4.74. The topological polar surface area (TPSA) is 52.6 Å². The van der Waals surface area contributed by atoms with Crippen LogP contribution >= 0.6 is 15.9 Å². The number of ether oxygens (including phenoxy) is 2. The summed E-state index contributed by atoms with van der Waals surface area (Å²) >= 11 is 3.39. The number of carbonyl (C=O) groups excluding carboxylic acids is 2. The van der Waals surface area contributed by atoms with Crippen molar-refractivity contribution in [2.24, 2.45) is 0 Å². The summed E-state index contributed by atoms with van der Waals surface area (Å²) in [4.78, 5) is 25.0. The number of halogens is 1. The van der Waals surface area contributed by atoms with Gasteiger partial charge < -0.3 is 9.47 Å². The van der Waals surface area contributed by atoms with E-state index in [1.165, 1.54) is 6.08 Å². The zero-order valence-corrected chi connectivity index (χ0v) is 16.7. The molecular weight excluding hydrogens is 408 g/mol. The lowest BCUT2D eigenvalue weighted by Crippen LogP contribution is -2.40. The average molecular weight is 427 g/mol. The van der Waals surface area contributed by atoms with Crippen LogP contribution in [-0.2, 0) is 19.1 Å². The molecule has 0 radical (unpaired) electrons. The molecule has 1 unspecified atom stereocenters. The molecule has 0 fully saturated rings. The van der Waals surface area contributed by atoms with Gasteiger partial charge in [0.25, 0.3) is 5.60 Å². The summed E-state index contributed by atoms with van der Waals surface area (Å²) < 4.78 is 11.7. The summed E-state index contributed by atoms with van der Waals surface area (Å²) in [7, 11) is 0. The molecule has 1 atom stereocenters. The maximum atomic E-state index is 12.9. The van der Waals surface area contributed by atoms with Crippen LogP contribution in [0.1, 0.15) is 23.6 Å². The van der Waals surface area contributed by atoms with Crippen molar-refractivity contribution < 1.29 is 19.1 Å². The highest BCUT2D eigenvalue weighted by Crippen LogP contribution is 2.39. The standard InChI is InChI=1S/C22H19BrO4/c1-3-26-21(25)22(13-12-16-7-5-4-6-15(16)2)19(14-20(24)27-22)17-8-10-18(23)11-9-17/h4-14H,3H2,1-2H3/b13-12+. The van der Waals surface area contributed by atoms with E-state index in [0.29, 0.717) is 11.1 Å². The summed E-state index contributed by atoms with van der Waals surface area (Å²) in [5.74, 6) is -1.19. The predicted molar refractivity (Wildman–Crippen MR) is 108 cm³/mol. The maximum absolute atomic E-state index is 12.9.